The van der Waals surface area contributed by atoms with Gasteiger partial charge in [-0.15, -0.1) is 0 Å². The highest BCUT2D eigenvalue weighted by Gasteiger charge is 2.15. The summed E-state index contributed by atoms with van der Waals surface area (Å²) in [5.74, 6) is 0.898. The second-order valence-corrected chi connectivity index (χ2v) is 7.59. The molecule has 0 bridgehead atoms. The quantitative estimate of drug-likeness (QED) is 0.339. The number of carbonyl (C=O) groups excluding carboxylic acids is 1. The molecule has 0 amide bonds. The van der Waals surface area contributed by atoms with Gasteiger partial charge in [-0.25, -0.2) is 4.79 Å². The van der Waals surface area contributed by atoms with E-state index in [2.05, 4.69) is 0 Å². The molecule has 8 heteroatoms. The van der Waals surface area contributed by atoms with Crippen molar-refractivity contribution in [3.05, 3.63) is 54.1 Å². The largest absolute Gasteiger partial charge is 0.493 e. The number of hydrogen-bond acceptors (Lipinski definition) is 7. The van der Waals surface area contributed by atoms with Crippen LogP contribution in [-0.4, -0.2) is 40.0 Å². The van der Waals surface area contributed by atoms with Gasteiger partial charge < -0.3 is 18.4 Å². The standard InChI is InChI=1S/C20H24O7S/c1-4-24-15(2)20(21)26-18-11-9-17(10-12-18)25-14-13-16-5-7-19(8-6-16)27-28(3,22)23/h5-12,15H,4,13-14H2,1-3H3/t15-/m0/s1. The number of benzene rings is 2. The van der Waals surface area contributed by atoms with Gasteiger partial charge >= 0.3 is 16.1 Å². The van der Waals surface area contributed by atoms with Gasteiger partial charge in [-0.2, -0.15) is 8.42 Å². The van der Waals surface area contributed by atoms with Gasteiger partial charge in [0.15, 0.2) is 6.10 Å². The Kier molecular flexibility index (Phi) is 7.83. The maximum Gasteiger partial charge on any atom is 0.340 e. The van der Waals surface area contributed by atoms with Crippen molar-refractivity contribution in [3.63, 3.8) is 0 Å². The van der Waals surface area contributed by atoms with Crippen LogP contribution < -0.4 is 13.7 Å². The Bertz CT molecular complexity index is 858. The van der Waals surface area contributed by atoms with Crippen LogP contribution in [0.3, 0.4) is 0 Å². The molecule has 7 nitrogen and oxygen atoms in total. The van der Waals surface area contributed by atoms with Crippen LogP contribution in [0, 0.1) is 0 Å². The fraction of sp³-hybridized carbons (Fsp3) is 0.350. The third-order valence-electron chi connectivity index (χ3n) is 3.62. The molecule has 0 saturated heterocycles. The maximum atomic E-state index is 11.8. The zero-order valence-electron chi connectivity index (χ0n) is 16.1. The number of rotatable bonds is 10. The lowest BCUT2D eigenvalue weighted by atomic mass is 10.1. The first kappa shape index (κ1) is 21.7. The second kappa shape index (κ2) is 10.1. The molecule has 2 aromatic carbocycles. The van der Waals surface area contributed by atoms with Crippen LogP contribution in [0.4, 0.5) is 0 Å². The monoisotopic (exact) mass is 408 g/mol. The summed E-state index contributed by atoms with van der Waals surface area (Å²) in [6.45, 7) is 4.33. The summed E-state index contributed by atoms with van der Waals surface area (Å²) < 4.78 is 43.1. The van der Waals surface area contributed by atoms with Crippen LogP contribution in [0.15, 0.2) is 48.5 Å². The summed E-state index contributed by atoms with van der Waals surface area (Å²) in [7, 11) is -3.53. The molecular weight excluding hydrogens is 384 g/mol. The van der Waals surface area contributed by atoms with Crippen LogP contribution >= 0.6 is 0 Å². The summed E-state index contributed by atoms with van der Waals surface area (Å²) in [6, 6.07) is 13.5. The molecule has 0 aromatic heterocycles. The zero-order chi connectivity index (χ0) is 20.6. The molecular formula is C20H24O7S. The Morgan fingerprint density at radius 1 is 0.964 bits per heavy atom. The van der Waals surface area contributed by atoms with Gasteiger partial charge in [0.25, 0.3) is 0 Å². The molecule has 0 aliphatic heterocycles. The molecule has 0 aliphatic carbocycles. The Morgan fingerprint density at radius 3 is 2.11 bits per heavy atom. The van der Waals surface area contributed by atoms with E-state index in [9.17, 15) is 13.2 Å². The van der Waals surface area contributed by atoms with E-state index < -0.39 is 22.2 Å². The zero-order valence-corrected chi connectivity index (χ0v) is 16.9. The van der Waals surface area contributed by atoms with Crippen LogP contribution in [0.2, 0.25) is 0 Å². The van der Waals surface area contributed by atoms with Gasteiger partial charge in [-0.05, 0) is 55.8 Å². The smallest absolute Gasteiger partial charge is 0.340 e. The Balaban J connectivity index is 1.79. The van der Waals surface area contributed by atoms with Crippen molar-refractivity contribution in [1.82, 2.24) is 0 Å². The van der Waals surface area contributed by atoms with Crippen molar-refractivity contribution < 1.29 is 31.6 Å². The number of hydrogen-bond donors (Lipinski definition) is 0. The molecule has 28 heavy (non-hydrogen) atoms. The maximum absolute atomic E-state index is 11.8. The Hall–Kier alpha value is -2.58. The van der Waals surface area contributed by atoms with Gasteiger partial charge in [0, 0.05) is 13.0 Å². The highest BCUT2D eigenvalue weighted by atomic mass is 32.2. The molecule has 0 radical (unpaired) electrons. The summed E-state index contributed by atoms with van der Waals surface area (Å²) in [4.78, 5) is 11.8. The minimum atomic E-state index is -3.53. The van der Waals surface area contributed by atoms with Crippen molar-refractivity contribution in [2.45, 2.75) is 26.4 Å². The number of ether oxygens (including phenoxy) is 3. The van der Waals surface area contributed by atoms with E-state index in [1.165, 1.54) is 0 Å². The predicted molar refractivity (Wildman–Crippen MR) is 104 cm³/mol. The van der Waals surface area contributed by atoms with Crippen LogP contribution in [0.5, 0.6) is 17.2 Å². The molecule has 2 aromatic rings. The van der Waals surface area contributed by atoms with E-state index in [1.54, 1.807) is 55.5 Å². The van der Waals surface area contributed by atoms with E-state index >= 15 is 0 Å². The van der Waals surface area contributed by atoms with Crippen LogP contribution in [0.25, 0.3) is 0 Å². The van der Waals surface area contributed by atoms with E-state index in [0.29, 0.717) is 31.1 Å². The molecule has 0 saturated carbocycles. The minimum absolute atomic E-state index is 0.274. The van der Waals surface area contributed by atoms with Crippen molar-refractivity contribution in [1.29, 1.82) is 0 Å². The van der Waals surface area contributed by atoms with E-state index in [4.69, 9.17) is 18.4 Å². The summed E-state index contributed by atoms with van der Waals surface area (Å²) >= 11 is 0. The lowest BCUT2D eigenvalue weighted by Crippen LogP contribution is -2.25. The topological polar surface area (TPSA) is 88.1 Å². The first-order valence-corrected chi connectivity index (χ1v) is 10.6. The van der Waals surface area contributed by atoms with Gasteiger partial charge in [-0.3, -0.25) is 0 Å². The second-order valence-electron chi connectivity index (χ2n) is 6.02. The SMILES string of the molecule is CCO[C@@H](C)C(=O)Oc1ccc(OCCc2ccc(OS(C)(=O)=O)cc2)cc1. The molecule has 2 rings (SSSR count). The van der Waals surface area contributed by atoms with Gasteiger partial charge in [0.1, 0.15) is 17.2 Å². The lowest BCUT2D eigenvalue weighted by molar-refractivity contribution is -0.145. The first-order chi connectivity index (χ1) is 13.3. The van der Waals surface area contributed by atoms with Gasteiger partial charge in [0.2, 0.25) is 0 Å². The molecule has 0 heterocycles. The van der Waals surface area contributed by atoms with Crippen molar-refractivity contribution in [3.8, 4) is 17.2 Å². The van der Waals surface area contributed by atoms with Gasteiger partial charge in [-0.1, -0.05) is 12.1 Å². The molecule has 0 spiro atoms. The van der Waals surface area contributed by atoms with E-state index in [0.717, 1.165) is 11.8 Å². The molecule has 1 atom stereocenters. The molecule has 0 unspecified atom stereocenters. The van der Waals surface area contributed by atoms with Crippen molar-refractivity contribution in [2.24, 2.45) is 0 Å². The van der Waals surface area contributed by atoms with Crippen LogP contribution in [0.1, 0.15) is 19.4 Å². The third kappa shape index (κ3) is 7.58. The lowest BCUT2D eigenvalue weighted by Gasteiger charge is -2.11. The van der Waals surface area contributed by atoms with E-state index in [-0.39, 0.29) is 5.75 Å². The normalized spacial score (nSPS) is 12.2. The van der Waals surface area contributed by atoms with Crippen LogP contribution in [-0.2, 0) is 26.1 Å². The van der Waals surface area contributed by atoms with Crippen molar-refractivity contribution in [2.75, 3.05) is 19.5 Å². The van der Waals surface area contributed by atoms with Gasteiger partial charge in [0.05, 0.1) is 12.9 Å². The summed E-state index contributed by atoms with van der Waals surface area (Å²) in [6.07, 6.45) is 1.03. The summed E-state index contributed by atoms with van der Waals surface area (Å²) in [5.41, 5.74) is 0.983. The molecule has 0 fully saturated rings. The highest BCUT2D eigenvalue weighted by Crippen LogP contribution is 2.19. The molecule has 0 N–H and O–H groups in total. The number of carbonyl (C=O) groups is 1. The fourth-order valence-electron chi connectivity index (χ4n) is 2.29. The summed E-state index contributed by atoms with van der Waals surface area (Å²) in [5, 5.41) is 0. The van der Waals surface area contributed by atoms with E-state index in [1.807, 2.05) is 6.92 Å². The van der Waals surface area contributed by atoms with Crippen molar-refractivity contribution >= 4 is 16.1 Å². The number of esters is 1. The molecule has 152 valence electrons. The minimum Gasteiger partial charge on any atom is -0.493 e. The first-order valence-electron chi connectivity index (χ1n) is 8.81. The average Bonchev–Trinajstić information content (AvgIpc) is 2.63. The predicted octanol–water partition coefficient (Wildman–Crippen LogP) is 2.98. The third-order valence-corrected chi connectivity index (χ3v) is 4.12. The fourth-order valence-corrected chi connectivity index (χ4v) is 2.75. The Morgan fingerprint density at radius 2 is 1.54 bits per heavy atom. The molecule has 0 aliphatic rings. The Labute approximate surface area is 165 Å². The highest BCUT2D eigenvalue weighted by molar-refractivity contribution is 7.86. The average molecular weight is 408 g/mol.